The van der Waals surface area contributed by atoms with Gasteiger partial charge in [0, 0.05) is 19.8 Å². The second-order valence-electron chi connectivity index (χ2n) is 5.77. The number of rotatable bonds is 6. The Bertz CT molecular complexity index is 761. The Morgan fingerprint density at radius 1 is 1.39 bits per heavy atom. The average molecular weight is 320 g/mol. The SMILES string of the molecule is CCOC(=O)Cn1nc(N(C)CC)n2cc(C(C)C)cc2c1=O. The minimum absolute atomic E-state index is 0.185. The van der Waals surface area contributed by atoms with Crippen molar-refractivity contribution in [3.05, 3.63) is 28.2 Å². The van der Waals surface area contributed by atoms with Gasteiger partial charge in [0.05, 0.1) is 6.61 Å². The van der Waals surface area contributed by atoms with Crippen molar-refractivity contribution in [2.45, 2.75) is 40.2 Å². The maximum atomic E-state index is 12.6. The van der Waals surface area contributed by atoms with E-state index in [1.165, 1.54) is 4.68 Å². The van der Waals surface area contributed by atoms with Crippen LogP contribution in [0.4, 0.5) is 5.95 Å². The van der Waals surface area contributed by atoms with Crippen molar-refractivity contribution in [1.29, 1.82) is 0 Å². The predicted octanol–water partition coefficient (Wildman–Crippen LogP) is 1.64. The highest BCUT2D eigenvalue weighted by Crippen LogP contribution is 2.20. The summed E-state index contributed by atoms with van der Waals surface area (Å²) in [6.45, 7) is 8.70. The zero-order valence-corrected chi connectivity index (χ0v) is 14.4. The van der Waals surface area contributed by atoms with Gasteiger partial charge in [-0.1, -0.05) is 13.8 Å². The number of carbonyl (C=O) groups is 1. The van der Waals surface area contributed by atoms with Crippen LogP contribution < -0.4 is 10.5 Å². The molecular weight excluding hydrogens is 296 g/mol. The van der Waals surface area contributed by atoms with Gasteiger partial charge >= 0.3 is 5.97 Å². The molecule has 126 valence electrons. The van der Waals surface area contributed by atoms with Gasteiger partial charge in [-0.3, -0.25) is 14.0 Å². The Morgan fingerprint density at radius 3 is 2.65 bits per heavy atom. The standard InChI is InChI=1S/C16H24N4O3/c1-6-18(5)16-17-20(10-14(21)23-7-2)15(22)13-8-12(11(3)4)9-19(13)16/h8-9,11H,6-7,10H2,1-5H3. The Morgan fingerprint density at radius 2 is 2.09 bits per heavy atom. The molecule has 0 bridgehead atoms. The molecule has 7 nitrogen and oxygen atoms in total. The monoisotopic (exact) mass is 320 g/mol. The molecule has 0 aliphatic heterocycles. The fraction of sp³-hybridized carbons (Fsp3) is 0.562. The predicted molar refractivity (Wildman–Crippen MR) is 89.1 cm³/mol. The second kappa shape index (κ2) is 6.85. The molecule has 0 radical (unpaired) electrons. The van der Waals surface area contributed by atoms with Crippen molar-refractivity contribution < 1.29 is 9.53 Å². The molecular formula is C16H24N4O3. The van der Waals surface area contributed by atoms with E-state index in [4.69, 9.17) is 4.74 Å². The van der Waals surface area contributed by atoms with Crippen molar-refractivity contribution in [2.24, 2.45) is 0 Å². The Balaban J connectivity index is 2.63. The molecule has 0 aromatic carbocycles. The first kappa shape index (κ1) is 17.1. The summed E-state index contributed by atoms with van der Waals surface area (Å²) in [7, 11) is 1.90. The lowest BCUT2D eigenvalue weighted by Crippen LogP contribution is -2.32. The van der Waals surface area contributed by atoms with Gasteiger partial charge < -0.3 is 9.64 Å². The average Bonchev–Trinajstić information content (AvgIpc) is 2.95. The lowest BCUT2D eigenvalue weighted by atomic mass is 10.1. The van der Waals surface area contributed by atoms with Crippen LogP contribution in [-0.2, 0) is 16.1 Å². The fourth-order valence-electron chi connectivity index (χ4n) is 2.30. The van der Waals surface area contributed by atoms with Crippen LogP contribution in [0.5, 0.6) is 0 Å². The Hall–Kier alpha value is -2.31. The van der Waals surface area contributed by atoms with Crippen LogP contribution in [0, 0.1) is 0 Å². The van der Waals surface area contributed by atoms with E-state index >= 15 is 0 Å². The smallest absolute Gasteiger partial charge is 0.327 e. The van der Waals surface area contributed by atoms with Crippen LogP contribution >= 0.6 is 0 Å². The summed E-state index contributed by atoms with van der Waals surface area (Å²) in [5.41, 5.74) is 1.28. The first-order valence-electron chi connectivity index (χ1n) is 7.88. The van der Waals surface area contributed by atoms with Gasteiger partial charge in [0.25, 0.3) is 5.56 Å². The Kier molecular flexibility index (Phi) is 5.08. The quantitative estimate of drug-likeness (QED) is 0.757. The number of hydrogen-bond acceptors (Lipinski definition) is 5. The highest BCUT2D eigenvalue weighted by Gasteiger charge is 2.17. The van der Waals surface area contributed by atoms with Crippen molar-refractivity contribution in [2.75, 3.05) is 25.1 Å². The summed E-state index contributed by atoms with van der Waals surface area (Å²) < 4.78 is 7.90. The highest BCUT2D eigenvalue weighted by molar-refractivity contribution is 5.69. The van der Waals surface area contributed by atoms with E-state index in [9.17, 15) is 9.59 Å². The van der Waals surface area contributed by atoms with Crippen LogP contribution in [-0.4, -0.2) is 40.3 Å². The molecule has 0 aliphatic carbocycles. The summed E-state index contributed by atoms with van der Waals surface area (Å²) in [4.78, 5) is 26.3. The van der Waals surface area contributed by atoms with Crippen LogP contribution in [0.3, 0.4) is 0 Å². The van der Waals surface area contributed by atoms with Crippen molar-refractivity contribution in [3.63, 3.8) is 0 Å². The molecule has 2 heterocycles. The minimum Gasteiger partial charge on any atom is -0.465 e. The van der Waals surface area contributed by atoms with E-state index in [-0.39, 0.29) is 18.7 Å². The van der Waals surface area contributed by atoms with E-state index in [1.807, 2.05) is 31.1 Å². The van der Waals surface area contributed by atoms with Gasteiger partial charge in [-0.2, -0.15) is 0 Å². The number of carbonyl (C=O) groups excluding carboxylic acids is 1. The first-order chi connectivity index (χ1) is 10.9. The summed E-state index contributed by atoms with van der Waals surface area (Å²) in [6, 6.07) is 1.86. The van der Waals surface area contributed by atoms with Crippen molar-refractivity contribution in [3.8, 4) is 0 Å². The molecule has 23 heavy (non-hydrogen) atoms. The van der Waals surface area contributed by atoms with Gasteiger partial charge in [0.15, 0.2) is 0 Å². The van der Waals surface area contributed by atoms with Crippen LogP contribution in [0.1, 0.15) is 39.2 Å². The van der Waals surface area contributed by atoms with E-state index in [0.717, 1.165) is 12.1 Å². The van der Waals surface area contributed by atoms with Gasteiger partial charge in [-0.05, 0) is 31.4 Å². The van der Waals surface area contributed by atoms with E-state index in [1.54, 1.807) is 11.3 Å². The molecule has 2 aromatic rings. The second-order valence-corrected chi connectivity index (χ2v) is 5.77. The van der Waals surface area contributed by atoms with E-state index in [0.29, 0.717) is 17.4 Å². The first-order valence-corrected chi connectivity index (χ1v) is 7.88. The lowest BCUT2D eigenvalue weighted by Gasteiger charge is -2.18. The van der Waals surface area contributed by atoms with Crippen molar-refractivity contribution in [1.82, 2.24) is 14.2 Å². The summed E-state index contributed by atoms with van der Waals surface area (Å²) in [5, 5.41) is 4.36. The van der Waals surface area contributed by atoms with Crippen LogP contribution in [0.25, 0.3) is 5.52 Å². The third-order valence-electron chi connectivity index (χ3n) is 3.79. The van der Waals surface area contributed by atoms with Gasteiger partial charge in [0.1, 0.15) is 12.1 Å². The molecule has 2 rings (SSSR count). The fourth-order valence-corrected chi connectivity index (χ4v) is 2.30. The molecule has 0 amide bonds. The van der Waals surface area contributed by atoms with Gasteiger partial charge in [0.2, 0.25) is 5.95 Å². The molecule has 0 N–H and O–H groups in total. The van der Waals surface area contributed by atoms with Gasteiger partial charge in [-0.15, -0.1) is 5.10 Å². The summed E-state index contributed by atoms with van der Waals surface area (Å²) in [6.07, 6.45) is 1.94. The molecule has 0 saturated heterocycles. The number of anilines is 1. The summed E-state index contributed by atoms with van der Waals surface area (Å²) >= 11 is 0. The maximum Gasteiger partial charge on any atom is 0.327 e. The number of ether oxygens (including phenoxy) is 1. The number of nitrogens with zero attached hydrogens (tertiary/aromatic N) is 4. The zero-order chi connectivity index (χ0) is 17.1. The topological polar surface area (TPSA) is 68.8 Å². The highest BCUT2D eigenvalue weighted by atomic mass is 16.5. The third-order valence-corrected chi connectivity index (χ3v) is 3.79. The minimum atomic E-state index is -0.466. The van der Waals surface area contributed by atoms with E-state index < -0.39 is 5.97 Å². The summed E-state index contributed by atoms with van der Waals surface area (Å²) in [5.74, 6) is 0.457. The van der Waals surface area contributed by atoms with Gasteiger partial charge in [-0.25, -0.2) is 4.68 Å². The molecule has 0 fully saturated rings. The molecule has 0 saturated carbocycles. The van der Waals surface area contributed by atoms with E-state index in [2.05, 4.69) is 18.9 Å². The number of hydrogen-bond donors (Lipinski definition) is 0. The largest absolute Gasteiger partial charge is 0.465 e. The molecule has 2 aromatic heterocycles. The molecule has 0 atom stereocenters. The van der Waals surface area contributed by atoms with Crippen molar-refractivity contribution >= 4 is 17.4 Å². The molecule has 7 heteroatoms. The normalized spacial score (nSPS) is 11.2. The number of fused-ring (bicyclic) bond motifs is 1. The Labute approximate surface area is 135 Å². The lowest BCUT2D eigenvalue weighted by molar-refractivity contribution is -0.144. The maximum absolute atomic E-state index is 12.6. The third kappa shape index (κ3) is 3.38. The molecule has 0 unspecified atom stereocenters. The zero-order valence-electron chi connectivity index (χ0n) is 14.4. The molecule has 0 spiro atoms. The number of aromatic nitrogens is 3. The number of esters is 1. The molecule has 0 aliphatic rings. The van der Waals surface area contributed by atoms with Crippen LogP contribution in [0.15, 0.2) is 17.1 Å². The van der Waals surface area contributed by atoms with Crippen LogP contribution in [0.2, 0.25) is 0 Å².